The highest BCUT2D eigenvalue weighted by atomic mass is 32.1. The number of unbranched alkanes of at least 4 members (excludes halogenated alkanes) is 1. The summed E-state index contributed by atoms with van der Waals surface area (Å²) < 4.78 is 0.949. The molecule has 45 heavy (non-hydrogen) atoms. The minimum Gasteiger partial charge on any atom is -0.375 e. The number of thiazole rings is 1. The normalized spacial score (nSPS) is 18.5. The Morgan fingerprint density at radius 2 is 1.98 bits per heavy atom. The topological polar surface area (TPSA) is 170 Å². The number of amides is 4. The van der Waals surface area contributed by atoms with Crippen LogP contribution in [-0.2, 0) is 22.6 Å². The van der Waals surface area contributed by atoms with E-state index in [1.807, 2.05) is 54.4 Å². The predicted octanol–water partition coefficient (Wildman–Crippen LogP) is 2.62. The molecule has 0 unspecified atom stereocenters. The van der Waals surface area contributed by atoms with Crippen molar-refractivity contribution >= 4 is 44.5 Å². The number of benzene rings is 2. The molecule has 0 aliphatic carbocycles. The summed E-state index contributed by atoms with van der Waals surface area (Å²) in [7, 11) is 0. The van der Waals surface area contributed by atoms with Crippen molar-refractivity contribution in [3.63, 3.8) is 0 Å². The number of carbonyl (C=O) groups is 3. The molecule has 4 amide bonds. The van der Waals surface area contributed by atoms with Crippen LogP contribution in [0.1, 0.15) is 44.2 Å². The fourth-order valence-corrected chi connectivity index (χ4v) is 6.85. The van der Waals surface area contributed by atoms with Crippen molar-refractivity contribution < 1.29 is 14.4 Å². The Labute approximate surface area is 264 Å². The number of nitrogens with zero attached hydrogens (tertiary/aromatic N) is 8. The van der Waals surface area contributed by atoms with Crippen LogP contribution in [-0.4, -0.2) is 102 Å². The number of hydrogen-bond acceptors (Lipinski definition) is 10. The fraction of sp³-hybridized carbons (Fsp3) is 0.433. The standard InChI is InChI=1S/C30H37N11O3S/c1-3-5-13-32-30(44)39(14-4-2)40-18-25(42)41-22(15-19-9-11-20(12-10-19)27-34-36-37-35-27)28(43)38(17-24(40)41)16-21-7-6-8-23-26(21)33-29(31)45-23/h6-12,22,24H,3-5,13-18H2,1-2H3,(H2,31,33)(H,32,44)(H,34,35,36,37)/t22-,24+/m0/s1. The van der Waals surface area contributed by atoms with E-state index in [-0.39, 0.29) is 30.9 Å². The molecule has 4 heterocycles. The lowest BCUT2D eigenvalue weighted by Crippen LogP contribution is -2.66. The number of urea groups is 1. The molecule has 6 rings (SSSR count). The zero-order chi connectivity index (χ0) is 31.5. The lowest BCUT2D eigenvalue weighted by Gasteiger charge is -2.46. The maximum Gasteiger partial charge on any atom is 0.332 e. The van der Waals surface area contributed by atoms with Crippen LogP contribution in [0.2, 0.25) is 0 Å². The third kappa shape index (κ3) is 6.17. The zero-order valence-electron chi connectivity index (χ0n) is 25.3. The summed E-state index contributed by atoms with van der Waals surface area (Å²) in [5, 5.41) is 20.9. The molecule has 2 aromatic heterocycles. The monoisotopic (exact) mass is 631 g/mol. The minimum absolute atomic E-state index is 0.0130. The molecule has 4 N–H and O–H groups in total. The number of carbonyl (C=O) groups excluding carboxylic acids is 3. The molecule has 4 aromatic rings. The number of aromatic amines is 1. The third-order valence-corrected chi connectivity index (χ3v) is 9.08. The van der Waals surface area contributed by atoms with E-state index in [0.717, 1.165) is 39.7 Å². The number of rotatable bonds is 11. The van der Waals surface area contributed by atoms with Crippen LogP contribution in [0.4, 0.5) is 9.93 Å². The van der Waals surface area contributed by atoms with Gasteiger partial charge in [-0.25, -0.2) is 14.9 Å². The minimum atomic E-state index is -0.759. The Balaban J connectivity index is 1.32. The lowest BCUT2D eigenvalue weighted by molar-refractivity contribution is -0.157. The van der Waals surface area contributed by atoms with Gasteiger partial charge in [0.1, 0.15) is 12.2 Å². The van der Waals surface area contributed by atoms with E-state index in [1.165, 1.54) is 11.3 Å². The average molecular weight is 632 g/mol. The van der Waals surface area contributed by atoms with E-state index in [1.54, 1.807) is 14.8 Å². The molecular formula is C30H37N11O3S. The summed E-state index contributed by atoms with van der Waals surface area (Å²) >= 11 is 1.40. The van der Waals surface area contributed by atoms with Gasteiger partial charge in [0.25, 0.3) is 0 Å². The van der Waals surface area contributed by atoms with Gasteiger partial charge in [0, 0.05) is 31.6 Å². The van der Waals surface area contributed by atoms with Gasteiger partial charge in [-0.3, -0.25) is 14.6 Å². The van der Waals surface area contributed by atoms with E-state index >= 15 is 0 Å². The maximum absolute atomic E-state index is 14.3. The summed E-state index contributed by atoms with van der Waals surface area (Å²) in [6.07, 6.45) is 2.33. The molecule has 2 fully saturated rings. The van der Waals surface area contributed by atoms with Crippen LogP contribution in [0.3, 0.4) is 0 Å². The quantitative estimate of drug-likeness (QED) is 0.211. The van der Waals surface area contributed by atoms with Crippen LogP contribution >= 0.6 is 11.3 Å². The summed E-state index contributed by atoms with van der Waals surface area (Å²) in [4.78, 5) is 49.4. The van der Waals surface area contributed by atoms with Crippen molar-refractivity contribution in [1.29, 1.82) is 0 Å². The number of H-pyrrole nitrogens is 1. The van der Waals surface area contributed by atoms with Crippen molar-refractivity contribution in [3.05, 3.63) is 53.6 Å². The van der Waals surface area contributed by atoms with Crippen molar-refractivity contribution in [2.45, 2.75) is 58.3 Å². The molecular weight excluding hydrogens is 594 g/mol. The van der Waals surface area contributed by atoms with Gasteiger partial charge >= 0.3 is 6.03 Å². The molecule has 2 atom stereocenters. The van der Waals surface area contributed by atoms with Gasteiger partial charge in [-0.1, -0.05) is 68.0 Å². The predicted molar refractivity (Wildman–Crippen MR) is 169 cm³/mol. The Kier molecular flexibility index (Phi) is 8.89. The first-order valence-corrected chi connectivity index (χ1v) is 16.1. The summed E-state index contributed by atoms with van der Waals surface area (Å²) in [5.41, 5.74) is 9.37. The molecule has 0 spiro atoms. The Morgan fingerprint density at radius 1 is 1.16 bits per heavy atom. The number of nitrogen functional groups attached to an aromatic ring is 1. The van der Waals surface area contributed by atoms with Crippen molar-refractivity contribution in [2.24, 2.45) is 0 Å². The number of hydrogen-bond donors (Lipinski definition) is 3. The number of hydrazine groups is 1. The Bertz CT molecular complexity index is 1660. The number of aromatic nitrogens is 5. The number of para-hydroxylation sites is 1. The molecule has 2 aliphatic rings. The first-order valence-electron chi connectivity index (χ1n) is 15.3. The highest BCUT2D eigenvalue weighted by molar-refractivity contribution is 7.22. The van der Waals surface area contributed by atoms with Gasteiger partial charge in [0.15, 0.2) is 11.0 Å². The molecule has 2 aromatic carbocycles. The van der Waals surface area contributed by atoms with Crippen molar-refractivity contribution in [3.8, 4) is 11.4 Å². The zero-order valence-corrected chi connectivity index (χ0v) is 26.2. The van der Waals surface area contributed by atoms with Crippen LogP contribution < -0.4 is 11.1 Å². The highest BCUT2D eigenvalue weighted by Crippen LogP contribution is 2.32. The van der Waals surface area contributed by atoms with Gasteiger partial charge in [-0.2, -0.15) is 5.01 Å². The second-order valence-electron chi connectivity index (χ2n) is 11.3. The molecule has 0 saturated carbocycles. The van der Waals surface area contributed by atoms with Crippen molar-refractivity contribution in [1.82, 2.24) is 50.7 Å². The van der Waals surface area contributed by atoms with Gasteiger partial charge in [-0.15, -0.1) is 5.10 Å². The van der Waals surface area contributed by atoms with E-state index in [4.69, 9.17) is 5.73 Å². The summed E-state index contributed by atoms with van der Waals surface area (Å²) in [6.45, 7) is 5.63. The van der Waals surface area contributed by atoms with Gasteiger partial charge in [0.2, 0.25) is 11.8 Å². The largest absolute Gasteiger partial charge is 0.375 e. The van der Waals surface area contributed by atoms with Gasteiger partial charge in [-0.05, 0) is 40.5 Å². The number of anilines is 1. The lowest BCUT2D eigenvalue weighted by atomic mass is 9.99. The number of piperazine rings is 1. The first-order chi connectivity index (χ1) is 21.9. The van der Waals surface area contributed by atoms with E-state index in [9.17, 15) is 14.4 Å². The number of nitrogens with one attached hydrogen (secondary N) is 2. The molecule has 15 heteroatoms. The molecule has 2 aliphatic heterocycles. The van der Waals surface area contributed by atoms with Crippen LogP contribution in [0, 0.1) is 0 Å². The Hall–Kier alpha value is -4.63. The second-order valence-corrected chi connectivity index (χ2v) is 12.4. The van der Waals surface area contributed by atoms with Crippen molar-refractivity contribution in [2.75, 3.05) is 31.9 Å². The van der Waals surface area contributed by atoms with E-state index in [2.05, 4.69) is 37.8 Å². The van der Waals surface area contributed by atoms with Gasteiger partial charge < -0.3 is 20.9 Å². The molecule has 0 bridgehead atoms. The Morgan fingerprint density at radius 3 is 2.71 bits per heavy atom. The smallest absolute Gasteiger partial charge is 0.332 e. The number of tetrazole rings is 1. The summed E-state index contributed by atoms with van der Waals surface area (Å²) in [5.74, 6) is 0.204. The van der Waals surface area contributed by atoms with Crippen LogP contribution in [0.15, 0.2) is 42.5 Å². The van der Waals surface area contributed by atoms with Crippen LogP contribution in [0.25, 0.3) is 21.6 Å². The maximum atomic E-state index is 14.3. The third-order valence-electron chi connectivity index (χ3n) is 8.24. The van der Waals surface area contributed by atoms with E-state index < -0.39 is 12.2 Å². The average Bonchev–Trinajstić information content (AvgIpc) is 3.78. The number of nitrogens with two attached hydrogens (primary N) is 1. The fourth-order valence-electron chi connectivity index (χ4n) is 6.07. The SMILES string of the molecule is CCCCNC(=O)N(CCC)N1CC(=O)N2[C@@H](Cc3ccc(-c4nnn[nH]4)cc3)C(=O)N(Cc3cccc4sc(N)nc34)C[C@@H]21. The first kappa shape index (κ1) is 30.4. The molecule has 2 saturated heterocycles. The van der Waals surface area contributed by atoms with Crippen LogP contribution in [0.5, 0.6) is 0 Å². The molecule has 236 valence electrons. The summed E-state index contributed by atoms with van der Waals surface area (Å²) in [6, 6.07) is 12.5. The number of fused-ring (bicyclic) bond motifs is 2. The molecule has 0 radical (unpaired) electrons. The second kappa shape index (κ2) is 13.2. The van der Waals surface area contributed by atoms with Gasteiger partial charge in [0.05, 0.1) is 23.3 Å². The molecule has 14 nitrogen and oxygen atoms in total. The van der Waals surface area contributed by atoms with E-state index in [0.29, 0.717) is 43.4 Å². The highest BCUT2D eigenvalue weighted by Gasteiger charge is 2.52.